The largest absolute Gasteiger partial charge is 0.416 e. The Kier molecular flexibility index (Phi) is 4.45. The van der Waals surface area contributed by atoms with Gasteiger partial charge in [-0.3, -0.25) is 4.98 Å². The molecule has 0 aliphatic rings. The number of nitrogen functional groups attached to an aromatic ring is 1. The van der Waals surface area contributed by atoms with Crippen LogP contribution in [-0.2, 0) is 6.18 Å². The highest BCUT2D eigenvalue weighted by Gasteiger charge is 2.30. The lowest BCUT2D eigenvalue weighted by atomic mass is 10.2. The van der Waals surface area contributed by atoms with Crippen LogP contribution < -0.4 is 5.73 Å². The van der Waals surface area contributed by atoms with Gasteiger partial charge in [-0.15, -0.1) is 0 Å². The molecule has 0 atom stereocenters. The molecule has 2 rings (SSSR count). The lowest BCUT2D eigenvalue weighted by molar-refractivity contribution is -0.137. The molecule has 0 aliphatic carbocycles. The van der Waals surface area contributed by atoms with Crippen LogP contribution in [0.1, 0.15) is 5.56 Å². The van der Waals surface area contributed by atoms with Crippen LogP contribution in [0.2, 0.25) is 0 Å². The molecule has 0 fully saturated rings. The summed E-state index contributed by atoms with van der Waals surface area (Å²) in [6.07, 6.45) is 0.190. The van der Waals surface area contributed by atoms with Crippen LogP contribution in [0.25, 0.3) is 0 Å². The van der Waals surface area contributed by atoms with Gasteiger partial charge in [0.1, 0.15) is 5.82 Å². The monoisotopic (exact) mass is 241 g/mol. The van der Waals surface area contributed by atoms with E-state index in [1.165, 1.54) is 0 Å². The fraction of sp³-hybridized carbons (Fsp3) is 0.0909. The molecule has 0 radical (unpaired) electrons. The third-order valence-electron chi connectivity index (χ3n) is 1.67. The van der Waals surface area contributed by atoms with E-state index in [4.69, 9.17) is 5.73 Å². The van der Waals surface area contributed by atoms with E-state index in [0.717, 1.165) is 18.3 Å². The van der Waals surface area contributed by atoms with Crippen LogP contribution in [-0.4, -0.2) is 9.97 Å². The molecule has 0 aliphatic heterocycles. The summed E-state index contributed by atoms with van der Waals surface area (Å²) in [5, 5.41) is 0. The minimum Gasteiger partial charge on any atom is -0.384 e. The summed E-state index contributed by atoms with van der Waals surface area (Å²) in [5.41, 5.74) is 4.27. The number of pyridine rings is 2. The lowest BCUT2D eigenvalue weighted by Crippen LogP contribution is -2.05. The average Bonchev–Trinajstić information content (AvgIpc) is 2.31. The summed E-state index contributed by atoms with van der Waals surface area (Å²) < 4.78 is 35.7. The van der Waals surface area contributed by atoms with Crippen LogP contribution in [0.3, 0.4) is 0 Å². The number of alkyl halides is 3. The van der Waals surface area contributed by atoms with Gasteiger partial charge in [0.2, 0.25) is 0 Å². The molecule has 2 heterocycles. The van der Waals surface area contributed by atoms with Crippen molar-refractivity contribution in [1.82, 2.24) is 9.97 Å². The predicted octanol–water partition coefficient (Wildman–Crippen LogP) is 2.76. The Morgan fingerprint density at radius 2 is 1.65 bits per heavy atom. The Hall–Kier alpha value is -2.11. The molecule has 0 bridgehead atoms. The van der Waals surface area contributed by atoms with Crippen molar-refractivity contribution >= 4 is 5.82 Å². The van der Waals surface area contributed by atoms with Gasteiger partial charge in [0, 0.05) is 18.6 Å². The molecule has 2 aromatic heterocycles. The number of rotatable bonds is 0. The van der Waals surface area contributed by atoms with E-state index in [9.17, 15) is 13.2 Å². The number of hydrogen-bond donors (Lipinski definition) is 1. The predicted molar refractivity (Wildman–Crippen MR) is 57.9 cm³/mol. The Balaban J connectivity index is 0.000000202. The first-order valence-corrected chi connectivity index (χ1v) is 4.64. The molecular weight excluding hydrogens is 231 g/mol. The number of nitrogens with zero attached hydrogens (tertiary/aromatic N) is 2. The highest BCUT2D eigenvalue weighted by atomic mass is 19.4. The molecular formula is C11H10F3N3. The van der Waals surface area contributed by atoms with Gasteiger partial charge in [0.05, 0.1) is 5.56 Å². The summed E-state index contributed by atoms with van der Waals surface area (Å²) in [5.74, 6) is -0.125. The fourth-order valence-electron chi connectivity index (χ4n) is 0.937. The Morgan fingerprint density at radius 3 is 1.94 bits per heavy atom. The zero-order chi connectivity index (χ0) is 12.7. The van der Waals surface area contributed by atoms with Crippen LogP contribution in [0, 0.1) is 0 Å². The van der Waals surface area contributed by atoms with E-state index in [0.29, 0.717) is 0 Å². The van der Waals surface area contributed by atoms with Crippen molar-refractivity contribution in [1.29, 1.82) is 0 Å². The second kappa shape index (κ2) is 5.83. The van der Waals surface area contributed by atoms with Crippen molar-refractivity contribution in [3.8, 4) is 0 Å². The first-order valence-electron chi connectivity index (χ1n) is 4.64. The summed E-state index contributed by atoms with van der Waals surface area (Å²) in [6, 6.07) is 7.38. The molecule has 0 saturated carbocycles. The minimum absolute atomic E-state index is 0.125. The van der Waals surface area contributed by atoms with Crippen LogP contribution in [0.5, 0.6) is 0 Å². The summed E-state index contributed by atoms with van der Waals surface area (Å²) in [7, 11) is 0. The van der Waals surface area contributed by atoms with Gasteiger partial charge in [0.15, 0.2) is 0 Å². The molecule has 17 heavy (non-hydrogen) atoms. The van der Waals surface area contributed by atoms with Crippen molar-refractivity contribution in [2.24, 2.45) is 0 Å². The maximum Gasteiger partial charge on any atom is 0.416 e. The number of hydrogen-bond acceptors (Lipinski definition) is 3. The topological polar surface area (TPSA) is 51.8 Å². The van der Waals surface area contributed by atoms with Crippen molar-refractivity contribution in [3.63, 3.8) is 0 Å². The zero-order valence-electron chi connectivity index (χ0n) is 8.72. The number of halogens is 3. The minimum atomic E-state index is -4.34. The van der Waals surface area contributed by atoms with Crippen LogP contribution in [0.4, 0.5) is 19.0 Å². The van der Waals surface area contributed by atoms with Crippen LogP contribution >= 0.6 is 0 Å². The van der Waals surface area contributed by atoms with E-state index >= 15 is 0 Å². The second-order valence-electron chi connectivity index (χ2n) is 2.99. The molecule has 6 heteroatoms. The molecule has 0 unspecified atom stereocenters. The summed E-state index contributed by atoms with van der Waals surface area (Å²) in [4.78, 5) is 7.22. The highest BCUT2D eigenvalue weighted by Crippen LogP contribution is 2.29. The van der Waals surface area contributed by atoms with E-state index in [1.54, 1.807) is 12.4 Å². The molecule has 0 spiro atoms. The van der Waals surface area contributed by atoms with Gasteiger partial charge in [-0.2, -0.15) is 13.2 Å². The quantitative estimate of drug-likeness (QED) is 0.771. The van der Waals surface area contributed by atoms with Gasteiger partial charge < -0.3 is 5.73 Å². The summed E-state index contributed by atoms with van der Waals surface area (Å²) >= 11 is 0. The maximum absolute atomic E-state index is 11.9. The van der Waals surface area contributed by atoms with E-state index in [-0.39, 0.29) is 5.82 Å². The first kappa shape index (κ1) is 13.0. The van der Waals surface area contributed by atoms with Crippen molar-refractivity contribution in [2.75, 3.05) is 5.73 Å². The van der Waals surface area contributed by atoms with Crippen molar-refractivity contribution in [3.05, 3.63) is 54.5 Å². The van der Waals surface area contributed by atoms with Crippen LogP contribution in [0.15, 0.2) is 48.9 Å². The van der Waals surface area contributed by atoms with Crippen molar-refractivity contribution in [2.45, 2.75) is 6.18 Å². The molecule has 0 amide bonds. The lowest BCUT2D eigenvalue weighted by Gasteiger charge is -2.05. The normalized spacial score (nSPS) is 10.3. The standard InChI is InChI=1S/C6H5F3N2.C5H5N/c7-6(8,9)4-1-2-11-5(10)3-4;1-2-4-6-5-3-1/h1-3H,(H2,10,11);1-5H. The first-order chi connectivity index (χ1) is 8.00. The molecule has 0 saturated heterocycles. The second-order valence-corrected chi connectivity index (χ2v) is 2.99. The molecule has 3 nitrogen and oxygen atoms in total. The molecule has 90 valence electrons. The Bertz CT molecular complexity index is 417. The Morgan fingerprint density at radius 1 is 1.00 bits per heavy atom. The van der Waals surface area contributed by atoms with Gasteiger partial charge in [-0.05, 0) is 24.3 Å². The Labute approximate surface area is 96.1 Å². The number of aromatic nitrogens is 2. The molecule has 0 aromatic carbocycles. The van der Waals surface area contributed by atoms with Gasteiger partial charge in [-0.25, -0.2) is 4.98 Å². The van der Waals surface area contributed by atoms with Crippen molar-refractivity contribution < 1.29 is 13.2 Å². The van der Waals surface area contributed by atoms with E-state index < -0.39 is 11.7 Å². The van der Waals surface area contributed by atoms with Gasteiger partial charge in [-0.1, -0.05) is 6.07 Å². The third kappa shape index (κ3) is 4.96. The SMILES string of the molecule is Nc1cc(C(F)(F)F)ccn1.c1ccncc1. The summed E-state index contributed by atoms with van der Waals surface area (Å²) in [6.45, 7) is 0. The highest BCUT2D eigenvalue weighted by molar-refractivity contribution is 5.33. The van der Waals surface area contributed by atoms with E-state index in [2.05, 4.69) is 9.97 Å². The fourth-order valence-corrected chi connectivity index (χ4v) is 0.937. The smallest absolute Gasteiger partial charge is 0.384 e. The molecule has 2 aromatic rings. The third-order valence-corrected chi connectivity index (χ3v) is 1.67. The zero-order valence-corrected chi connectivity index (χ0v) is 8.72. The number of anilines is 1. The van der Waals surface area contributed by atoms with Gasteiger partial charge >= 0.3 is 6.18 Å². The maximum atomic E-state index is 11.9. The molecule has 2 N–H and O–H groups in total. The number of nitrogens with two attached hydrogens (primary N) is 1. The average molecular weight is 241 g/mol. The van der Waals surface area contributed by atoms with Gasteiger partial charge in [0.25, 0.3) is 0 Å². The van der Waals surface area contributed by atoms with E-state index in [1.807, 2.05) is 18.2 Å².